The summed E-state index contributed by atoms with van der Waals surface area (Å²) in [6.45, 7) is 1.30. The van der Waals surface area contributed by atoms with E-state index in [4.69, 9.17) is 4.74 Å². The second kappa shape index (κ2) is 9.01. The molecule has 0 saturated heterocycles. The zero-order valence-electron chi connectivity index (χ0n) is 17.0. The molecule has 7 nitrogen and oxygen atoms in total. The van der Waals surface area contributed by atoms with Gasteiger partial charge in [-0.1, -0.05) is 12.1 Å². The Labute approximate surface area is 183 Å². The Balaban J connectivity index is 1.42. The van der Waals surface area contributed by atoms with Crippen molar-refractivity contribution in [2.24, 2.45) is 0 Å². The zero-order valence-corrected chi connectivity index (χ0v) is 17.8. The van der Waals surface area contributed by atoms with Gasteiger partial charge >= 0.3 is 0 Å². The van der Waals surface area contributed by atoms with E-state index in [1.807, 2.05) is 36.7 Å². The maximum atomic E-state index is 12.2. The van der Waals surface area contributed by atoms with Gasteiger partial charge in [-0.05, 0) is 67.3 Å². The molecule has 1 amide bonds. The van der Waals surface area contributed by atoms with Crippen molar-refractivity contribution in [1.29, 1.82) is 0 Å². The van der Waals surface area contributed by atoms with E-state index < -0.39 is 0 Å². The van der Waals surface area contributed by atoms with E-state index in [-0.39, 0.29) is 24.2 Å². The van der Waals surface area contributed by atoms with E-state index in [1.54, 1.807) is 40.5 Å². The predicted molar refractivity (Wildman–Crippen MR) is 121 cm³/mol. The van der Waals surface area contributed by atoms with Crippen LogP contribution in [0.1, 0.15) is 17.3 Å². The summed E-state index contributed by atoms with van der Waals surface area (Å²) in [6, 6.07) is 18.7. The second-order valence-corrected chi connectivity index (χ2v) is 7.68. The van der Waals surface area contributed by atoms with Crippen LogP contribution in [0.4, 0.5) is 5.95 Å². The topological polar surface area (TPSA) is 85.6 Å². The number of anilines is 1. The number of fused-ring (bicyclic) bond motifs is 1. The number of nitrogens with zero attached hydrogens (tertiary/aromatic N) is 3. The van der Waals surface area contributed by atoms with E-state index in [0.717, 1.165) is 11.1 Å². The quantitative estimate of drug-likeness (QED) is 0.345. The van der Waals surface area contributed by atoms with Crippen LogP contribution in [0.2, 0.25) is 0 Å². The third-order valence-electron chi connectivity index (χ3n) is 4.62. The fourth-order valence-corrected chi connectivity index (χ4v) is 3.46. The summed E-state index contributed by atoms with van der Waals surface area (Å²) in [6.07, 6.45) is 3.92. The maximum absolute atomic E-state index is 12.2. The molecule has 0 aliphatic carbocycles. The number of benzene rings is 2. The normalized spacial score (nSPS) is 10.8. The molecular formula is C23H20N4O3S. The first-order valence-electron chi connectivity index (χ1n) is 9.56. The molecule has 0 aliphatic heterocycles. The standard InChI is InChI=1S/C23H20N4O3S/c1-15(28)16-6-9-19(10-7-16)30-14-22(29)25-23-24-21-11-8-18(13-27(21)26-23)17-4-3-5-20(12-17)31-2/h3-13H,14H2,1-2H3,(H,25,26,29). The number of amides is 1. The van der Waals surface area contributed by atoms with E-state index in [1.165, 1.54) is 11.8 Å². The minimum atomic E-state index is -0.376. The SMILES string of the molecule is CSc1cccc(-c2ccc3nc(NC(=O)COc4ccc(C(C)=O)cc4)nn3c2)c1. The monoisotopic (exact) mass is 432 g/mol. The number of ketones is 1. The molecule has 4 rings (SSSR count). The molecule has 2 aromatic carbocycles. The zero-order chi connectivity index (χ0) is 21.8. The number of Topliss-reactive ketones (excluding diaryl/α,β-unsaturated/α-hetero) is 1. The Morgan fingerprint density at radius 1 is 1.06 bits per heavy atom. The van der Waals surface area contributed by atoms with E-state index >= 15 is 0 Å². The number of rotatable bonds is 7. The second-order valence-electron chi connectivity index (χ2n) is 6.81. The minimum Gasteiger partial charge on any atom is -0.484 e. The smallest absolute Gasteiger partial charge is 0.264 e. The fraction of sp³-hybridized carbons (Fsp3) is 0.130. The Kier molecular flexibility index (Phi) is 5.99. The lowest BCUT2D eigenvalue weighted by molar-refractivity contribution is -0.118. The minimum absolute atomic E-state index is 0.0256. The molecule has 2 aromatic heterocycles. The van der Waals surface area contributed by atoms with Crippen molar-refractivity contribution in [3.63, 3.8) is 0 Å². The van der Waals surface area contributed by atoms with Crippen molar-refractivity contribution >= 4 is 35.0 Å². The summed E-state index contributed by atoms with van der Waals surface area (Å²) >= 11 is 1.69. The summed E-state index contributed by atoms with van der Waals surface area (Å²) in [5, 5.41) is 6.99. The molecule has 0 unspecified atom stereocenters. The van der Waals surface area contributed by atoms with Crippen molar-refractivity contribution in [3.8, 4) is 16.9 Å². The molecule has 2 heterocycles. The molecular weight excluding hydrogens is 412 g/mol. The first-order chi connectivity index (χ1) is 15.0. The van der Waals surface area contributed by atoms with Crippen LogP contribution in [0.3, 0.4) is 0 Å². The van der Waals surface area contributed by atoms with Crippen LogP contribution in [0.25, 0.3) is 16.8 Å². The van der Waals surface area contributed by atoms with E-state index in [2.05, 4.69) is 27.5 Å². The van der Waals surface area contributed by atoms with Gasteiger partial charge in [-0.2, -0.15) is 4.98 Å². The molecule has 0 bridgehead atoms. The number of hydrogen-bond acceptors (Lipinski definition) is 6. The third kappa shape index (κ3) is 4.92. The molecule has 0 fully saturated rings. The number of thioether (sulfide) groups is 1. The van der Waals surface area contributed by atoms with Crippen LogP contribution >= 0.6 is 11.8 Å². The first-order valence-corrected chi connectivity index (χ1v) is 10.8. The highest BCUT2D eigenvalue weighted by Crippen LogP contribution is 2.25. The van der Waals surface area contributed by atoms with Gasteiger partial charge < -0.3 is 4.74 Å². The third-order valence-corrected chi connectivity index (χ3v) is 5.34. The molecule has 156 valence electrons. The number of carbonyl (C=O) groups excluding carboxylic acids is 2. The molecule has 1 N–H and O–H groups in total. The molecule has 31 heavy (non-hydrogen) atoms. The largest absolute Gasteiger partial charge is 0.484 e. The molecule has 4 aromatic rings. The van der Waals surface area contributed by atoms with Crippen LogP contribution in [-0.4, -0.2) is 39.2 Å². The lowest BCUT2D eigenvalue weighted by atomic mass is 10.1. The van der Waals surface area contributed by atoms with E-state index in [9.17, 15) is 9.59 Å². The van der Waals surface area contributed by atoms with Gasteiger partial charge in [0.25, 0.3) is 5.91 Å². The summed E-state index contributed by atoms with van der Waals surface area (Å²) in [7, 11) is 0. The molecule has 0 aliphatic rings. The Morgan fingerprint density at radius 3 is 2.61 bits per heavy atom. The van der Waals surface area contributed by atoms with Crippen LogP contribution in [-0.2, 0) is 4.79 Å². The highest BCUT2D eigenvalue weighted by atomic mass is 32.2. The van der Waals surface area contributed by atoms with Crippen LogP contribution in [0.15, 0.2) is 71.8 Å². The van der Waals surface area contributed by atoms with Crippen molar-refractivity contribution in [3.05, 3.63) is 72.4 Å². The van der Waals surface area contributed by atoms with Crippen molar-refractivity contribution in [2.75, 3.05) is 18.2 Å². The van der Waals surface area contributed by atoms with Gasteiger partial charge in [-0.3, -0.25) is 14.9 Å². The van der Waals surface area contributed by atoms with Gasteiger partial charge in [0.05, 0.1) is 0 Å². The number of nitrogens with one attached hydrogen (secondary N) is 1. The van der Waals surface area contributed by atoms with Gasteiger partial charge in [0, 0.05) is 22.2 Å². The summed E-state index contributed by atoms with van der Waals surface area (Å²) in [5.41, 5.74) is 3.30. The number of pyridine rings is 1. The molecule has 0 atom stereocenters. The molecule has 0 radical (unpaired) electrons. The summed E-state index contributed by atoms with van der Waals surface area (Å²) < 4.78 is 7.10. The fourth-order valence-electron chi connectivity index (χ4n) is 3.00. The Bertz CT molecular complexity index is 1250. The lowest BCUT2D eigenvalue weighted by Gasteiger charge is -2.05. The summed E-state index contributed by atoms with van der Waals surface area (Å²) in [5.74, 6) is 0.303. The van der Waals surface area contributed by atoms with Gasteiger partial charge in [0.1, 0.15) is 5.75 Å². The van der Waals surface area contributed by atoms with Gasteiger partial charge in [0.2, 0.25) is 5.95 Å². The number of carbonyl (C=O) groups is 2. The van der Waals surface area contributed by atoms with E-state index in [0.29, 0.717) is 17.0 Å². The predicted octanol–water partition coefficient (Wildman–Crippen LogP) is 4.34. The summed E-state index contributed by atoms with van der Waals surface area (Å²) in [4.78, 5) is 29.0. The van der Waals surface area contributed by atoms with Gasteiger partial charge in [-0.15, -0.1) is 16.9 Å². The number of hydrogen-bond donors (Lipinski definition) is 1. The Hall–Kier alpha value is -3.65. The van der Waals surface area contributed by atoms with Crippen molar-refractivity contribution < 1.29 is 14.3 Å². The maximum Gasteiger partial charge on any atom is 0.264 e. The van der Waals surface area contributed by atoms with Crippen molar-refractivity contribution in [2.45, 2.75) is 11.8 Å². The average molecular weight is 433 g/mol. The van der Waals surface area contributed by atoms with Crippen LogP contribution in [0, 0.1) is 0 Å². The molecule has 8 heteroatoms. The van der Waals surface area contributed by atoms with Gasteiger partial charge in [0.15, 0.2) is 18.0 Å². The number of aromatic nitrogens is 3. The van der Waals surface area contributed by atoms with Gasteiger partial charge in [-0.25, -0.2) is 4.52 Å². The first kappa shape index (κ1) is 20.6. The highest BCUT2D eigenvalue weighted by Gasteiger charge is 2.10. The highest BCUT2D eigenvalue weighted by molar-refractivity contribution is 7.98. The molecule has 0 saturated carbocycles. The Morgan fingerprint density at radius 2 is 1.87 bits per heavy atom. The van der Waals surface area contributed by atoms with Crippen LogP contribution < -0.4 is 10.1 Å². The van der Waals surface area contributed by atoms with Crippen molar-refractivity contribution in [1.82, 2.24) is 14.6 Å². The number of ether oxygens (including phenoxy) is 1. The van der Waals surface area contributed by atoms with Crippen LogP contribution in [0.5, 0.6) is 5.75 Å². The average Bonchev–Trinajstić information content (AvgIpc) is 3.19. The molecule has 0 spiro atoms. The lowest BCUT2D eigenvalue weighted by Crippen LogP contribution is -2.20.